The van der Waals surface area contributed by atoms with Crippen LogP contribution < -0.4 is 5.32 Å². The molecule has 0 bridgehead atoms. The number of hydrogen-bond donors (Lipinski definition) is 2. The maximum Gasteiger partial charge on any atom is 0.328 e. The Morgan fingerprint density at radius 2 is 2.29 bits per heavy atom. The average Bonchev–Trinajstić information content (AvgIpc) is 2.47. The zero-order chi connectivity index (χ0) is 15.4. The molecule has 1 aromatic heterocycles. The summed E-state index contributed by atoms with van der Waals surface area (Å²) < 4.78 is 0. The second kappa shape index (κ2) is 6.17. The lowest BCUT2D eigenvalue weighted by Gasteiger charge is -2.32. The van der Waals surface area contributed by atoms with Crippen molar-refractivity contribution in [1.29, 1.82) is 0 Å². The van der Waals surface area contributed by atoms with Crippen molar-refractivity contribution in [3.8, 4) is 0 Å². The number of carbonyl (C=O) groups is 3. The first-order valence-electron chi connectivity index (χ1n) is 6.45. The van der Waals surface area contributed by atoms with Crippen LogP contribution in [0.15, 0.2) is 24.4 Å². The van der Waals surface area contributed by atoms with Crippen molar-refractivity contribution in [2.45, 2.75) is 13.0 Å². The van der Waals surface area contributed by atoms with Gasteiger partial charge in [-0.15, -0.1) is 0 Å². The highest BCUT2D eigenvalue weighted by Crippen LogP contribution is 2.14. The number of carbonyl (C=O) groups excluding carboxylic acids is 2. The van der Waals surface area contributed by atoms with Crippen LogP contribution in [0.4, 0.5) is 0 Å². The molecule has 0 aromatic carbocycles. The average molecular weight is 289 g/mol. The van der Waals surface area contributed by atoms with Crippen molar-refractivity contribution >= 4 is 23.9 Å². The van der Waals surface area contributed by atoms with Gasteiger partial charge < -0.3 is 15.3 Å². The van der Waals surface area contributed by atoms with E-state index in [0.717, 1.165) is 6.08 Å². The molecule has 2 rings (SSSR count). The maximum absolute atomic E-state index is 12.5. The van der Waals surface area contributed by atoms with Crippen LogP contribution in [0.25, 0.3) is 6.08 Å². The highest BCUT2D eigenvalue weighted by Gasteiger charge is 2.31. The quantitative estimate of drug-likeness (QED) is 0.771. The van der Waals surface area contributed by atoms with Gasteiger partial charge in [-0.3, -0.25) is 14.6 Å². The molecule has 2 N–H and O–H groups in total. The number of carboxylic acid groups (broad SMARTS) is 1. The number of nitrogens with one attached hydrogen (secondary N) is 1. The molecule has 2 amide bonds. The summed E-state index contributed by atoms with van der Waals surface area (Å²) >= 11 is 0. The summed E-state index contributed by atoms with van der Waals surface area (Å²) in [6, 6.07) is 2.64. The summed E-state index contributed by atoms with van der Waals surface area (Å²) in [5.74, 6) is -1.71. The van der Waals surface area contributed by atoms with Crippen LogP contribution in [0.2, 0.25) is 0 Å². The van der Waals surface area contributed by atoms with Crippen LogP contribution in [0.3, 0.4) is 0 Å². The summed E-state index contributed by atoms with van der Waals surface area (Å²) in [6.45, 7) is 2.43. The Bertz CT molecular complexity index is 612. The number of piperazine rings is 1. The van der Waals surface area contributed by atoms with Crippen LogP contribution in [0.1, 0.15) is 23.0 Å². The molecule has 1 unspecified atom stereocenters. The zero-order valence-electron chi connectivity index (χ0n) is 11.4. The van der Waals surface area contributed by atoms with Crippen molar-refractivity contribution in [3.05, 3.63) is 35.7 Å². The molecule has 2 heterocycles. The molecule has 0 spiro atoms. The summed E-state index contributed by atoms with van der Waals surface area (Å²) in [4.78, 5) is 40.2. The van der Waals surface area contributed by atoms with Gasteiger partial charge in [0.05, 0.1) is 0 Å². The van der Waals surface area contributed by atoms with Crippen molar-refractivity contribution in [2.75, 3.05) is 13.1 Å². The van der Waals surface area contributed by atoms with Crippen LogP contribution in [0, 0.1) is 0 Å². The molecular weight excluding hydrogens is 274 g/mol. The van der Waals surface area contributed by atoms with Crippen LogP contribution in [0.5, 0.6) is 0 Å². The van der Waals surface area contributed by atoms with E-state index in [0.29, 0.717) is 18.7 Å². The smallest absolute Gasteiger partial charge is 0.328 e. The van der Waals surface area contributed by atoms with Gasteiger partial charge in [-0.1, -0.05) is 6.07 Å². The van der Waals surface area contributed by atoms with Gasteiger partial charge in [0.15, 0.2) is 0 Å². The number of aliphatic carboxylic acids is 1. The van der Waals surface area contributed by atoms with Crippen molar-refractivity contribution in [3.63, 3.8) is 0 Å². The molecule has 7 heteroatoms. The molecule has 1 saturated heterocycles. The van der Waals surface area contributed by atoms with E-state index < -0.39 is 12.0 Å². The fourth-order valence-electron chi connectivity index (χ4n) is 2.09. The van der Waals surface area contributed by atoms with Crippen molar-refractivity contribution in [1.82, 2.24) is 15.2 Å². The molecule has 1 fully saturated rings. The molecule has 7 nitrogen and oxygen atoms in total. The Morgan fingerprint density at radius 3 is 3.00 bits per heavy atom. The van der Waals surface area contributed by atoms with E-state index >= 15 is 0 Å². The Hall–Kier alpha value is -2.70. The van der Waals surface area contributed by atoms with Gasteiger partial charge in [0.25, 0.3) is 5.91 Å². The number of nitrogens with zero attached hydrogens (tertiary/aromatic N) is 2. The standard InChI is InChI=1S/C14H15N3O4/c1-9-13(20)16-7-8-17(9)14(21)12-10(3-2-6-15-12)4-5-11(18)19/h2-6,9H,7-8H2,1H3,(H,16,20)(H,18,19)/b5-4+. The fraction of sp³-hybridized carbons (Fsp3) is 0.286. The Balaban J connectivity index is 2.31. The normalized spacial score (nSPS) is 18.6. The molecule has 1 aliphatic heterocycles. The van der Waals surface area contributed by atoms with E-state index in [1.807, 2.05) is 0 Å². The topological polar surface area (TPSA) is 99.6 Å². The highest BCUT2D eigenvalue weighted by molar-refractivity contribution is 6.00. The fourth-order valence-corrected chi connectivity index (χ4v) is 2.09. The third-order valence-corrected chi connectivity index (χ3v) is 3.21. The number of hydrogen-bond acceptors (Lipinski definition) is 4. The molecule has 21 heavy (non-hydrogen) atoms. The number of amides is 2. The minimum Gasteiger partial charge on any atom is -0.478 e. The monoisotopic (exact) mass is 289 g/mol. The highest BCUT2D eigenvalue weighted by atomic mass is 16.4. The van der Waals surface area contributed by atoms with Gasteiger partial charge in [0.1, 0.15) is 11.7 Å². The summed E-state index contributed by atoms with van der Waals surface area (Å²) in [7, 11) is 0. The number of carboxylic acids is 1. The van der Waals surface area contributed by atoms with E-state index in [9.17, 15) is 14.4 Å². The van der Waals surface area contributed by atoms with E-state index in [2.05, 4.69) is 10.3 Å². The minimum atomic E-state index is -1.11. The van der Waals surface area contributed by atoms with E-state index in [1.165, 1.54) is 17.2 Å². The van der Waals surface area contributed by atoms with Crippen LogP contribution in [-0.4, -0.2) is 51.9 Å². The first-order chi connectivity index (χ1) is 10.0. The lowest BCUT2D eigenvalue weighted by Crippen LogP contribution is -2.56. The largest absolute Gasteiger partial charge is 0.478 e. The lowest BCUT2D eigenvalue weighted by molar-refractivity contribution is -0.131. The van der Waals surface area contributed by atoms with Crippen molar-refractivity contribution in [2.24, 2.45) is 0 Å². The number of rotatable bonds is 3. The number of aromatic nitrogens is 1. The molecule has 1 aromatic rings. The summed E-state index contributed by atoms with van der Waals surface area (Å²) in [5, 5.41) is 11.4. The zero-order valence-corrected chi connectivity index (χ0v) is 11.4. The van der Waals surface area contributed by atoms with Gasteiger partial charge >= 0.3 is 5.97 Å². The Kier molecular flexibility index (Phi) is 4.32. The third-order valence-electron chi connectivity index (χ3n) is 3.21. The SMILES string of the molecule is CC1C(=O)NCCN1C(=O)c1ncccc1/C=C/C(=O)O. The van der Waals surface area contributed by atoms with E-state index in [-0.39, 0.29) is 17.5 Å². The van der Waals surface area contributed by atoms with E-state index in [1.54, 1.807) is 19.1 Å². The molecular formula is C14H15N3O4. The predicted molar refractivity (Wildman–Crippen MR) is 74.4 cm³/mol. The van der Waals surface area contributed by atoms with Gasteiger partial charge in [0, 0.05) is 30.9 Å². The lowest BCUT2D eigenvalue weighted by atomic mass is 10.1. The minimum absolute atomic E-state index is 0.136. The van der Waals surface area contributed by atoms with Crippen molar-refractivity contribution < 1.29 is 19.5 Å². The molecule has 110 valence electrons. The van der Waals surface area contributed by atoms with Gasteiger partial charge in [0.2, 0.25) is 5.91 Å². The molecule has 1 atom stereocenters. The van der Waals surface area contributed by atoms with Gasteiger partial charge in [-0.05, 0) is 19.1 Å². The molecule has 0 saturated carbocycles. The van der Waals surface area contributed by atoms with E-state index in [4.69, 9.17) is 5.11 Å². The first-order valence-corrected chi connectivity index (χ1v) is 6.45. The Labute approximate surface area is 121 Å². The summed E-state index contributed by atoms with van der Waals surface area (Å²) in [6.07, 6.45) is 3.72. The predicted octanol–water partition coefficient (Wildman–Crippen LogP) is 0.140. The molecule has 0 aliphatic carbocycles. The van der Waals surface area contributed by atoms with Gasteiger partial charge in [-0.25, -0.2) is 4.79 Å². The Morgan fingerprint density at radius 1 is 1.52 bits per heavy atom. The maximum atomic E-state index is 12.5. The van der Waals surface area contributed by atoms with Crippen LogP contribution >= 0.6 is 0 Å². The second-order valence-corrected chi connectivity index (χ2v) is 4.58. The third kappa shape index (κ3) is 3.25. The second-order valence-electron chi connectivity index (χ2n) is 4.58. The first kappa shape index (κ1) is 14.7. The molecule has 1 aliphatic rings. The molecule has 0 radical (unpaired) electrons. The number of pyridine rings is 1. The summed E-state index contributed by atoms with van der Waals surface area (Å²) in [5.41, 5.74) is 0.541. The van der Waals surface area contributed by atoms with Gasteiger partial charge in [-0.2, -0.15) is 0 Å². The van der Waals surface area contributed by atoms with Crippen LogP contribution in [-0.2, 0) is 9.59 Å².